The molecule has 0 aliphatic rings. The first-order valence-electron chi connectivity index (χ1n) is 4.60. The number of hydrogen-bond acceptors (Lipinski definition) is 1. The van der Waals surface area contributed by atoms with E-state index in [0.717, 1.165) is 26.1 Å². The van der Waals surface area contributed by atoms with Gasteiger partial charge in [0.05, 0.1) is 0 Å². The maximum Gasteiger partial charge on any atom is 0.0468 e. The van der Waals surface area contributed by atoms with Crippen molar-refractivity contribution in [2.24, 2.45) is 0 Å². The van der Waals surface area contributed by atoms with Gasteiger partial charge in [-0.2, -0.15) is 0 Å². The van der Waals surface area contributed by atoms with Crippen LogP contribution in [0, 0.1) is 0 Å². The van der Waals surface area contributed by atoms with Crippen LogP contribution in [0.1, 0.15) is 39.0 Å². The van der Waals surface area contributed by atoms with Crippen molar-refractivity contribution in [1.29, 1.82) is 0 Å². The first-order valence-corrected chi connectivity index (χ1v) is 4.60. The van der Waals surface area contributed by atoms with Crippen molar-refractivity contribution < 1.29 is 4.74 Å². The van der Waals surface area contributed by atoms with Crippen LogP contribution in [0.25, 0.3) is 0 Å². The van der Waals surface area contributed by atoms with Crippen LogP contribution >= 0.6 is 0 Å². The van der Waals surface area contributed by atoms with E-state index in [9.17, 15) is 0 Å². The average Bonchev–Trinajstić information content (AvgIpc) is 2.03. The normalized spacial score (nSPS) is 9.91. The largest absolute Gasteiger partial charge is 0.381 e. The van der Waals surface area contributed by atoms with E-state index in [1.807, 2.05) is 6.08 Å². The van der Waals surface area contributed by atoms with Gasteiger partial charge in [0.15, 0.2) is 0 Å². The fourth-order valence-corrected chi connectivity index (χ4v) is 0.886. The lowest BCUT2D eigenvalue weighted by molar-refractivity contribution is 0.128. The molecule has 0 aromatic carbocycles. The molecule has 0 aliphatic carbocycles. The summed E-state index contributed by atoms with van der Waals surface area (Å²) in [4.78, 5) is 0. The second-order valence-corrected chi connectivity index (χ2v) is 2.75. The lowest BCUT2D eigenvalue weighted by atomic mass is 10.3. The van der Waals surface area contributed by atoms with Crippen LogP contribution in [0.5, 0.6) is 0 Å². The van der Waals surface area contributed by atoms with Gasteiger partial charge in [0.2, 0.25) is 0 Å². The maximum absolute atomic E-state index is 5.39. The smallest absolute Gasteiger partial charge is 0.0468 e. The van der Waals surface area contributed by atoms with E-state index in [1.165, 1.54) is 19.3 Å². The Balaban J connectivity index is 2.74. The highest BCUT2D eigenvalue weighted by atomic mass is 16.5. The second-order valence-electron chi connectivity index (χ2n) is 2.75. The van der Waals surface area contributed by atoms with E-state index in [4.69, 9.17) is 4.74 Å². The molecule has 0 N–H and O–H groups in total. The summed E-state index contributed by atoms with van der Waals surface area (Å²) in [6.45, 7) is 7.69. The molecule has 66 valence electrons. The first-order chi connectivity index (χ1) is 5.41. The SMILES string of the molecule is C=CCCCOCCCCC. The van der Waals surface area contributed by atoms with Crippen LogP contribution in [0.4, 0.5) is 0 Å². The van der Waals surface area contributed by atoms with Crippen molar-refractivity contribution in [3.8, 4) is 0 Å². The number of rotatable bonds is 8. The molecular weight excluding hydrogens is 136 g/mol. The predicted octanol–water partition coefficient (Wildman–Crippen LogP) is 3.16. The summed E-state index contributed by atoms with van der Waals surface area (Å²) in [5.74, 6) is 0. The van der Waals surface area contributed by atoms with Gasteiger partial charge in [-0.3, -0.25) is 0 Å². The fourth-order valence-electron chi connectivity index (χ4n) is 0.886. The number of allylic oxidation sites excluding steroid dienone is 1. The van der Waals surface area contributed by atoms with E-state index in [-0.39, 0.29) is 0 Å². The van der Waals surface area contributed by atoms with Crippen LogP contribution < -0.4 is 0 Å². The van der Waals surface area contributed by atoms with E-state index in [1.54, 1.807) is 0 Å². The quantitative estimate of drug-likeness (QED) is 0.387. The Labute approximate surface area is 70.4 Å². The highest BCUT2D eigenvalue weighted by molar-refractivity contribution is 4.64. The molecule has 1 nitrogen and oxygen atoms in total. The summed E-state index contributed by atoms with van der Waals surface area (Å²) in [6, 6.07) is 0. The number of unbranched alkanes of at least 4 members (excludes halogenated alkanes) is 3. The van der Waals surface area contributed by atoms with Gasteiger partial charge in [0.25, 0.3) is 0 Å². The number of hydrogen-bond donors (Lipinski definition) is 0. The van der Waals surface area contributed by atoms with Gasteiger partial charge in [-0.25, -0.2) is 0 Å². The summed E-state index contributed by atoms with van der Waals surface area (Å²) in [6.07, 6.45) is 7.92. The summed E-state index contributed by atoms with van der Waals surface area (Å²) in [7, 11) is 0. The molecule has 0 saturated heterocycles. The van der Waals surface area contributed by atoms with Crippen LogP contribution in [0.3, 0.4) is 0 Å². The van der Waals surface area contributed by atoms with Crippen molar-refractivity contribution in [3.05, 3.63) is 12.7 Å². The lowest BCUT2D eigenvalue weighted by Gasteiger charge is -2.01. The molecular formula is C10H20O. The topological polar surface area (TPSA) is 9.23 Å². The molecule has 0 rings (SSSR count). The zero-order valence-electron chi connectivity index (χ0n) is 7.64. The molecule has 0 bridgehead atoms. The summed E-state index contributed by atoms with van der Waals surface area (Å²) in [5, 5.41) is 0. The van der Waals surface area contributed by atoms with E-state index < -0.39 is 0 Å². The summed E-state index contributed by atoms with van der Waals surface area (Å²) < 4.78 is 5.39. The third-order valence-electron chi connectivity index (χ3n) is 1.59. The minimum Gasteiger partial charge on any atom is -0.381 e. The van der Waals surface area contributed by atoms with Gasteiger partial charge in [-0.1, -0.05) is 25.8 Å². The molecule has 0 fully saturated rings. The van der Waals surface area contributed by atoms with Crippen LogP contribution in [0.2, 0.25) is 0 Å². The van der Waals surface area contributed by atoms with Crippen molar-refractivity contribution in [3.63, 3.8) is 0 Å². The molecule has 0 radical (unpaired) electrons. The third-order valence-corrected chi connectivity index (χ3v) is 1.59. The summed E-state index contributed by atoms with van der Waals surface area (Å²) >= 11 is 0. The molecule has 0 aromatic rings. The standard InChI is InChI=1S/C10H20O/c1-3-5-7-9-11-10-8-6-4-2/h3H,1,4-10H2,2H3. The van der Waals surface area contributed by atoms with E-state index in [2.05, 4.69) is 13.5 Å². The van der Waals surface area contributed by atoms with Crippen molar-refractivity contribution >= 4 is 0 Å². The van der Waals surface area contributed by atoms with Gasteiger partial charge in [-0.15, -0.1) is 6.58 Å². The average molecular weight is 156 g/mol. The van der Waals surface area contributed by atoms with Crippen LogP contribution in [0.15, 0.2) is 12.7 Å². The van der Waals surface area contributed by atoms with Crippen molar-refractivity contribution in [1.82, 2.24) is 0 Å². The van der Waals surface area contributed by atoms with E-state index in [0.29, 0.717) is 0 Å². The highest BCUT2D eigenvalue weighted by Gasteiger charge is 1.87. The van der Waals surface area contributed by atoms with Crippen molar-refractivity contribution in [2.75, 3.05) is 13.2 Å². The maximum atomic E-state index is 5.39. The zero-order valence-corrected chi connectivity index (χ0v) is 7.64. The Morgan fingerprint density at radius 2 is 1.91 bits per heavy atom. The third kappa shape index (κ3) is 9.70. The molecule has 0 spiro atoms. The zero-order chi connectivity index (χ0) is 8.36. The van der Waals surface area contributed by atoms with Gasteiger partial charge < -0.3 is 4.74 Å². The monoisotopic (exact) mass is 156 g/mol. The fraction of sp³-hybridized carbons (Fsp3) is 0.800. The Hall–Kier alpha value is -0.300. The number of ether oxygens (including phenoxy) is 1. The second kappa shape index (κ2) is 9.70. The molecule has 0 unspecified atom stereocenters. The minimum absolute atomic E-state index is 0.899. The molecule has 0 atom stereocenters. The first kappa shape index (κ1) is 10.7. The Kier molecular flexibility index (Phi) is 9.44. The minimum atomic E-state index is 0.899. The molecule has 0 heterocycles. The Morgan fingerprint density at radius 3 is 2.55 bits per heavy atom. The van der Waals surface area contributed by atoms with Gasteiger partial charge >= 0.3 is 0 Å². The summed E-state index contributed by atoms with van der Waals surface area (Å²) in [5.41, 5.74) is 0. The van der Waals surface area contributed by atoms with Crippen LogP contribution in [-0.2, 0) is 4.74 Å². The molecule has 0 amide bonds. The van der Waals surface area contributed by atoms with Gasteiger partial charge in [-0.05, 0) is 19.3 Å². The van der Waals surface area contributed by atoms with E-state index >= 15 is 0 Å². The highest BCUT2D eigenvalue weighted by Crippen LogP contribution is 1.96. The molecule has 0 saturated carbocycles. The Bertz CT molecular complexity index is 78.9. The van der Waals surface area contributed by atoms with Gasteiger partial charge in [0, 0.05) is 13.2 Å². The van der Waals surface area contributed by atoms with Crippen LogP contribution in [-0.4, -0.2) is 13.2 Å². The lowest BCUT2D eigenvalue weighted by Crippen LogP contribution is -1.95. The predicted molar refractivity (Wildman–Crippen MR) is 49.8 cm³/mol. The van der Waals surface area contributed by atoms with Gasteiger partial charge in [0.1, 0.15) is 0 Å². The molecule has 11 heavy (non-hydrogen) atoms. The van der Waals surface area contributed by atoms with Crippen molar-refractivity contribution in [2.45, 2.75) is 39.0 Å². The molecule has 0 aromatic heterocycles. The molecule has 1 heteroatoms. The Morgan fingerprint density at radius 1 is 1.18 bits per heavy atom. The molecule has 0 aliphatic heterocycles.